The maximum Gasteiger partial charge on any atom is 0.0470 e. The Balaban J connectivity index is 2.02. The van der Waals surface area contributed by atoms with Crippen LogP contribution < -0.4 is 5.73 Å². The number of nitrogens with two attached hydrogens (primary N) is 1. The fourth-order valence-corrected chi connectivity index (χ4v) is 2.84. The third kappa shape index (κ3) is 3.33. The lowest BCUT2D eigenvalue weighted by atomic mass is 10.0. The van der Waals surface area contributed by atoms with E-state index in [0.717, 1.165) is 6.54 Å². The molecule has 0 amide bonds. The van der Waals surface area contributed by atoms with Gasteiger partial charge in [0.1, 0.15) is 0 Å². The Bertz CT molecular complexity index is 339. The zero-order valence-corrected chi connectivity index (χ0v) is 11.6. The summed E-state index contributed by atoms with van der Waals surface area (Å²) in [5.74, 6) is 0. The van der Waals surface area contributed by atoms with E-state index in [-0.39, 0.29) is 0 Å². The lowest BCUT2D eigenvalue weighted by Gasteiger charge is -2.26. The molecular weight excluding hydrogens is 220 g/mol. The number of benzene rings is 1. The van der Waals surface area contributed by atoms with Gasteiger partial charge in [-0.2, -0.15) is 0 Å². The zero-order valence-electron chi connectivity index (χ0n) is 11.6. The van der Waals surface area contributed by atoms with Gasteiger partial charge in [-0.3, -0.25) is 4.90 Å². The van der Waals surface area contributed by atoms with Crippen molar-refractivity contribution in [3.05, 3.63) is 35.4 Å². The summed E-state index contributed by atoms with van der Waals surface area (Å²) in [6, 6.07) is 9.54. The summed E-state index contributed by atoms with van der Waals surface area (Å²) >= 11 is 0. The van der Waals surface area contributed by atoms with Gasteiger partial charge in [-0.15, -0.1) is 0 Å². The number of nitrogens with zero attached hydrogens (tertiary/aromatic N) is 1. The van der Waals surface area contributed by atoms with Crippen LogP contribution >= 0.6 is 0 Å². The van der Waals surface area contributed by atoms with Crippen molar-refractivity contribution in [3.63, 3.8) is 0 Å². The molecule has 0 spiro atoms. The predicted octanol–water partition coefficient (Wildman–Crippen LogP) is 3.12. The molecule has 1 unspecified atom stereocenters. The van der Waals surface area contributed by atoms with E-state index in [1.807, 2.05) is 0 Å². The zero-order chi connectivity index (χ0) is 12.8. The molecule has 0 aliphatic carbocycles. The minimum absolute atomic E-state index is 0.424. The Labute approximate surface area is 111 Å². The molecule has 18 heavy (non-hydrogen) atoms. The summed E-state index contributed by atoms with van der Waals surface area (Å²) in [6.45, 7) is 5.39. The highest BCUT2D eigenvalue weighted by atomic mass is 15.2. The van der Waals surface area contributed by atoms with E-state index in [0.29, 0.717) is 6.04 Å². The van der Waals surface area contributed by atoms with Gasteiger partial charge in [-0.25, -0.2) is 0 Å². The largest absolute Gasteiger partial charge is 0.329 e. The summed E-state index contributed by atoms with van der Waals surface area (Å²) in [6.07, 6.45) is 6.40. The van der Waals surface area contributed by atoms with E-state index in [1.54, 1.807) is 0 Å². The minimum Gasteiger partial charge on any atom is -0.329 e. The summed E-state index contributed by atoms with van der Waals surface area (Å²) in [4.78, 5) is 2.53. The van der Waals surface area contributed by atoms with Crippen LogP contribution in [0.4, 0.5) is 0 Å². The molecule has 1 aliphatic rings. The number of aryl methyl sites for hydroxylation is 1. The number of hydrogen-bond acceptors (Lipinski definition) is 2. The topological polar surface area (TPSA) is 29.3 Å². The molecule has 1 aromatic rings. The molecule has 2 rings (SSSR count). The Morgan fingerprint density at radius 3 is 2.39 bits per heavy atom. The molecule has 1 heterocycles. The second-order valence-corrected chi connectivity index (χ2v) is 5.34. The van der Waals surface area contributed by atoms with E-state index in [2.05, 4.69) is 36.1 Å². The lowest BCUT2D eigenvalue weighted by Crippen LogP contribution is -2.31. The van der Waals surface area contributed by atoms with Crippen LogP contribution in [0.2, 0.25) is 0 Å². The number of hydrogen-bond donors (Lipinski definition) is 1. The van der Waals surface area contributed by atoms with Crippen molar-refractivity contribution >= 4 is 0 Å². The molecule has 1 fully saturated rings. The van der Waals surface area contributed by atoms with Gasteiger partial charge in [-0.05, 0) is 49.9 Å². The monoisotopic (exact) mass is 246 g/mol. The van der Waals surface area contributed by atoms with Crippen LogP contribution in [0, 0.1) is 0 Å². The van der Waals surface area contributed by atoms with Crippen LogP contribution in [0.5, 0.6) is 0 Å². The van der Waals surface area contributed by atoms with Gasteiger partial charge in [0.15, 0.2) is 0 Å². The van der Waals surface area contributed by atoms with Crippen molar-refractivity contribution in [3.8, 4) is 0 Å². The van der Waals surface area contributed by atoms with Gasteiger partial charge < -0.3 is 5.73 Å². The van der Waals surface area contributed by atoms with Crippen LogP contribution in [0.1, 0.15) is 49.8 Å². The van der Waals surface area contributed by atoms with Crippen LogP contribution in [-0.4, -0.2) is 24.5 Å². The lowest BCUT2D eigenvalue weighted by molar-refractivity contribution is 0.251. The van der Waals surface area contributed by atoms with Crippen molar-refractivity contribution in [2.75, 3.05) is 19.6 Å². The van der Waals surface area contributed by atoms with E-state index < -0.39 is 0 Å². The van der Waals surface area contributed by atoms with Crippen LogP contribution in [-0.2, 0) is 6.42 Å². The fourth-order valence-electron chi connectivity index (χ4n) is 2.84. The normalized spacial score (nSPS) is 18.1. The maximum absolute atomic E-state index is 5.96. The number of unbranched alkanes of at least 4 members (excludes halogenated alkanes) is 1. The van der Waals surface area contributed by atoms with Crippen molar-refractivity contribution in [1.29, 1.82) is 0 Å². The molecule has 2 N–H and O–H groups in total. The Morgan fingerprint density at radius 2 is 1.83 bits per heavy atom. The SMILES string of the molecule is CCCCc1ccc(C(CN)N2CCCC2)cc1. The van der Waals surface area contributed by atoms with E-state index in [1.165, 1.54) is 56.3 Å². The van der Waals surface area contributed by atoms with Crippen molar-refractivity contribution in [2.45, 2.75) is 45.1 Å². The molecule has 1 aliphatic heterocycles. The number of likely N-dealkylation sites (tertiary alicyclic amines) is 1. The van der Waals surface area contributed by atoms with Gasteiger partial charge in [-0.1, -0.05) is 37.6 Å². The first-order chi connectivity index (χ1) is 8.85. The van der Waals surface area contributed by atoms with Gasteiger partial charge in [0.2, 0.25) is 0 Å². The predicted molar refractivity (Wildman–Crippen MR) is 77.7 cm³/mol. The smallest absolute Gasteiger partial charge is 0.0470 e. The van der Waals surface area contributed by atoms with Crippen molar-refractivity contribution in [1.82, 2.24) is 4.90 Å². The third-order valence-corrected chi connectivity index (χ3v) is 3.99. The molecule has 0 saturated carbocycles. The van der Waals surface area contributed by atoms with E-state index >= 15 is 0 Å². The Kier molecular flexibility index (Phi) is 5.21. The second-order valence-electron chi connectivity index (χ2n) is 5.34. The molecule has 1 atom stereocenters. The summed E-state index contributed by atoms with van der Waals surface area (Å²) in [5.41, 5.74) is 8.81. The molecule has 1 saturated heterocycles. The standard InChI is InChI=1S/C16H26N2/c1-2-3-6-14-7-9-15(10-8-14)16(13-17)18-11-4-5-12-18/h7-10,16H,2-6,11-13,17H2,1H3. The average molecular weight is 246 g/mol. The van der Waals surface area contributed by atoms with Crippen molar-refractivity contribution in [2.24, 2.45) is 5.73 Å². The average Bonchev–Trinajstić information content (AvgIpc) is 2.93. The fraction of sp³-hybridized carbons (Fsp3) is 0.625. The number of rotatable bonds is 6. The molecule has 0 aromatic heterocycles. The Morgan fingerprint density at radius 1 is 1.17 bits per heavy atom. The second kappa shape index (κ2) is 6.91. The van der Waals surface area contributed by atoms with Gasteiger partial charge in [0, 0.05) is 12.6 Å². The first-order valence-corrected chi connectivity index (χ1v) is 7.38. The molecule has 0 bridgehead atoms. The summed E-state index contributed by atoms with van der Waals surface area (Å²) in [7, 11) is 0. The highest BCUT2D eigenvalue weighted by molar-refractivity contribution is 5.25. The van der Waals surface area contributed by atoms with Crippen molar-refractivity contribution < 1.29 is 0 Å². The van der Waals surface area contributed by atoms with Crippen LogP contribution in [0.3, 0.4) is 0 Å². The highest BCUT2D eigenvalue weighted by Gasteiger charge is 2.21. The molecule has 1 aromatic carbocycles. The molecule has 100 valence electrons. The maximum atomic E-state index is 5.96. The van der Waals surface area contributed by atoms with Gasteiger partial charge in [0.25, 0.3) is 0 Å². The van der Waals surface area contributed by atoms with Gasteiger partial charge in [0.05, 0.1) is 0 Å². The highest BCUT2D eigenvalue weighted by Crippen LogP contribution is 2.24. The van der Waals surface area contributed by atoms with Crippen LogP contribution in [0.15, 0.2) is 24.3 Å². The summed E-state index contributed by atoms with van der Waals surface area (Å²) < 4.78 is 0. The van der Waals surface area contributed by atoms with Gasteiger partial charge >= 0.3 is 0 Å². The third-order valence-electron chi connectivity index (χ3n) is 3.99. The minimum atomic E-state index is 0.424. The quantitative estimate of drug-likeness (QED) is 0.835. The summed E-state index contributed by atoms with van der Waals surface area (Å²) in [5, 5.41) is 0. The first-order valence-electron chi connectivity index (χ1n) is 7.38. The van der Waals surface area contributed by atoms with E-state index in [4.69, 9.17) is 5.73 Å². The van der Waals surface area contributed by atoms with E-state index in [9.17, 15) is 0 Å². The molecule has 2 heteroatoms. The molecular formula is C16H26N2. The first kappa shape index (κ1) is 13.6. The Hall–Kier alpha value is -0.860. The molecule has 2 nitrogen and oxygen atoms in total. The van der Waals surface area contributed by atoms with Crippen LogP contribution in [0.25, 0.3) is 0 Å². The molecule has 0 radical (unpaired) electrons.